The largest absolute Gasteiger partial charge is 0.286 e. The molecule has 1 amide bonds. The lowest BCUT2D eigenvalue weighted by atomic mass is 10.3. The molecule has 0 fully saturated rings. The number of tetrazole rings is 1. The number of nitrogens with zero attached hydrogens (tertiary/aromatic N) is 4. The molecule has 2 rings (SSSR count). The van der Waals surface area contributed by atoms with E-state index in [1.54, 1.807) is 13.0 Å². The summed E-state index contributed by atoms with van der Waals surface area (Å²) in [5.74, 6) is -0.258. The van der Waals surface area contributed by atoms with Gasteiger partial charge in [0.05, 0.1) is 0 Å². The van der Waals surface area contributed by atoms with E-state index in [0.717, 1.165) is 5.69 Å². The molecule has 0 aliphatic carbocycles. The average Bonchev–Trinajstić information content (AvgIpc) is 2.75. The maximum Gasteiger partial charge on any atom is 0.278 e. The summed E-state index contributed by atoms with van der Waals surface area (Å²) >= 11 is 0. The first kappa shape index (κ1) is 8.35. The minimum Gasteiger partial charge on any atom is -0.286 e. The molecular formula is C6H7N7O. The van der Waals surface area contributed by atoms with Crippen LogP contribution in [-0.4, -0.2) is 36.7 Å². The number of aromatic nitrogens is 6. The van der Waals surface area contributed by atoms with Crippen molar-refractivity contribution >= 4 is 11.9 Å². The predicted octanol–water partition coefficient (Wildman–Crippen LogP) is -0.516. The number of carbonyl (C=O) groups is 1. The lowest BCUT2D eigenvalue weighted by Gasteiger charge is -1.93. The number of amides is 1. The highest BCUT2D eigenvalue weighted by Crippen LogP contribution is 2.00. The first-order valence-electron chi connectivity index (χ1n) is 3.82. The summed E-state index contributed by atoms with van der Waals surface area (Å²) in [4.78, 5) is 11.4. The third-order valence-corrected chi connectivity index (χ3v) is 1.51. The first-order valence-corrected chi connectivity index (χ1v) is 3.82. The Labute approximate surface area is 78.1 Å². The molecule has 8 heteroatoms. The van der Waals surface area contributed by atoms with Crippen molar-refractivity contribution < 1.29 is 4.79 Å². The van der Waals surface area contributed by atoms with E-state index in [1.807, 2.05) is 0 Å². The van der Waals surface area contributed by atoms with Gasteiger partial charge in [0, 0.05) is 5.69 Å². The maximum atomic E-state index is 11.4. The molecule has 0 aliphatic rings. The Hall–Kier alpha value is -2.25. The van der Waals surface area contributed by atoms with E-state index in [4.69, 9.17) is 0 Å². The molecule has 0 aliphatic heterocycles. The van der Waals surface area contributed by atoms with Crippen LogP contribution in [0.15, 0.2) is 6.07 Å². The SMILES string of the molecule is Cc1cc(C(=O)Nc2nn[nH]n2)n[nH]1. The molecule has 3 N–H and O–H groups in total. The first-order chi connectivity index (χ1) is 6.75. The van der Waals surface area contributed by atoms with E-state index in [9.17, 15) is 4.79 Å². The van der Waals surface area contributed by atoms with Crippen LogP contribution < -0.4 is 5.32 Å². The van der Waals surface area contributed by atoms with E-state index in [0.29, 0.717) is 0 Å². The highest BCUT2D eigenvalue weighted by atomic mass is 16.2. The van der Waals surface area contributed by atoms with Crippen LogP contribution >= 0.6 is 0 Å². The minimum atomic E-state index is -0.379. The van der Waals surface area contributed by atoms with Crippen molar-refractivity contribution in [3.05, 3.63) is 17.5 Å². The van der Waals surface area contributed by atoms with Gasteiger partial charge in [0.2, 0.25) is 0 Å². The molecule has 2 heterocycles. The molecule has 0 saturated carbocycles. The van der Waals surface area contributed by atoms with Gasteiger partial charge in [0.25, 0.3) is 11.9 Å². The fourth-order valence-electron chi connectivity index (χ4n) is 0.915. The maximum absolute atomic E-state index is 11.4. The summed E-state index contributed by atoms with van der Waals surface area (Å²) in [5, 5.41) is 21.5. The van der Waals surface area contributed by atoms with Crippen LogP contribution in [0.1, 0.15) is 16.2 Å². The van der Waals surface area contributed by atoms with E-state index >= 15 is 0 Å². The number of hydrogen-bond donors (Lipinski definition) is 3. The standard InChI is InChI=1S/C6H7N7O/c1-3-2-4(9-8-3)5(14)7-6-10-12-13-11-6/h2H,1H3,(H,8,9)(H2,7,10,11,12,13,14). The molecule has 0 aromatic carbocycles. The number of nitrogens with one attached hydrogen (secondary N) is 3. The second-order valence-electron chi connectivity index (χ2n) is 2.63. The Kier molecular flexibility index (Phi) is 1.94. The van der Waals surface area contributed by atoms with Gasteiger partial charge in [-0.1, -0.05) is 5.10 Å². The van der Waals surface area contributed by atoms with Crippen molar-refractivity contribution in [3.63, 3.8) is 0 Å². The molecule has 0 bridgehead atoms. The van der Waals surface area contributed by atoms with Gasteiger partial charge in [-0.05, 0) is 18.2 Å². The zero-order valence-corrected chi connectivity index (χ0v) is 7.27. The Bertz CT molecular complexity index is 431. The number of hydrogen-bond acceptors (Lipinski definition) is 5. The zero-order valence-electron chi connectivity index (χ0n) is 7.27. The van der Waals surface area contributed by atoms with Crippen LogP contribution in [0.2, 0.25) is 0 Å². The van der Waals surface area contributed by atoms with Crippen LogP contribution in [0.4, 0.5) is 5.95 Å². The number of anilines is 1. The molecule has 0 unspecified atom stereocenters. The predicted molar refractivity (Wildman–Crippen MR) is 45.5 cm³/mol. The van der Waals surface area contributed by atoms with E-state index < -0.39 is 0 Å². The van der Waals surface area contributed by atoms with Gasteiger partial charge in [-0.3, -0.25) is 15.2 Å². The lowest BCUT2D eigenvalue weighted by molar-refractivity contribution is 0.102. The van der Waals surface area contributed by atoms with Crippen molar-refractivity contribution in [2.45, 2.75) is 6.92 Å². The Balaban J connectivity index is 2.10. The molecule has 0 atom stereocenters. The molecule has 0 radical (unpaired) electrons. The van der Waals surface area contributed by atoms with Crippen molar-refractivity contribution in [2.75, 3.05) is 5.32 Å². The summed E-state index contributed by atoms with van der Waals surface area (Å²) in [7, 11) is 0. The van der Waals surface area contributed by atoms with Crippen LogP contribution in [0, 0.1) is 6.92 Å². The van der Waals surface area contributed by atoms with Crippen LogP contribution in [0.3, 0.4) is 0 Å². The molecule has 2 aromatic heterocycles. The average molecular weight is 193 g/mol. The second kappa shape index (κ2) is 3.24. The summed E-state index contributed by atoms with van der Waals surface area (Å²) in [5.41, 5.74) is 1.09. The third kappa shape index (κ3) is 1.58. The Morgan fingerprint density at radius 3 is 2.93 bits per heavy atom. The zero-order chi connectivity index (χ0) is 9.97. The normalized spacial score (nSPS) is 10.1. The molecule has 14 heavy (non-hydrogen) atoms. The Morgan fingerprint density at radius 2 is 2.36 bits per heavy atom. The Morgan fingerprint density at radius 1 is 1.50 bits per heavy atom. The summed E-state index contributed by atoms with van der Waals surface area (Å²) in [6.07, 6.45) is 0. The fourth-order valence-corrected chi connectivity index (χ4v) is 0.915. The lowest BCUT2D eigenvalue weighted by Crippen LogP contribution is -2.13. The summed E-state index contributed by atoms with van der Waals surface area (Å²) < 4.78 is 0. The van der Waals surface area contributed by atoms with Crippen molar-refractivity contribution in [3.8, 4) is 0 Å². The van der Waals surface area contributed by atoms with Crippen molar-refractivity contribution in [1.29, 1.82) is 0 Å². The highest BCUT2D eigenvalue weighted by molar-refractivity contribution is 6.01. The quantitative estimate of drug-likeness (QED) is 0.594. The minimum absolute atomic E-state index is 0.121. The number of carbonyl (C=O) groups excluding carboxylic acids is 1. The fraction of sp³-hybridized carbons (Fsp3) is 0.167. The topological polar surface area (TPSA) is 112 Å². The molecule has 2 aromatic rings. The molecule has 72 valence electrons. The van der Waals surface area contributed by atoms with Crippen molar-refractivity contribution in [1.82, 2.24) is 30.8 Å². The van der Waals surface area contributed by atoms with Gasteiger partial charge in [-0.2, -0.15) is 10.3 Å². The van der Waals surface area contributed by atoms with Gasteiger partial charge in [0.15, 0.2) is 5.69 Å². The molecular weight excluding hydrogens is 186 g/mol. The monoisotopic (exact) mass is 193 g/mol. The van der Waals surface area contributed by atoms with Gasteiger partial charge in [-0.15, -0.1) is 5.10 Å². The van der Waals surface area contributed by atoms with E-state index in [2.05, 4.69) is 36.1 Å². The van der Waals surface area contributed by atoms with Gasteiger partial charge < -0.3 is 0 Å². The van der Waals surface area contributed by atoms with E-state index in [1.165, 1.54) is 0 Å². The number of rotatable bonds is 2. The summed E-state index contributed by atoms with van der Waals surface area (Å²) in [6.45, 7) is 1.80. The smallest absolute Gasteiger partial charge is 0.278 e. The van der Waals surface area contributed by atoms with E-state index in [-0.39, 0.29) is 17.5 Å². The third-order valence-electron chi connectivity index (χ3n) is 1.51. The molecule has 8 nitrogen and oxygen atoms in total. The van der Waals surface area contributed by atoms with Crippen LogP contribution in [0.5, 0.6) is 0 Å². The number of H-pyrrole nitrogens is 2. The summed E-state index contributed by atoms with van der Waals surface area (Å²) in [6, 6.07) is 1.62. The van der Waals surface area contributed by atoms with Gasteiger partial charge in [0.1, 0.15) is 0 Å². The van der Waals surface area contributed by atoms with Gasteiger partial charge >= 0.3 is 0 Å². The number of aromatic amines is 2. The second-order valence-corrected chi connectivity index (χ2v) is 2.63. The highest BCUT2D eigenvalue weighted by Gasteiger charge is 2.10. The van der Waals surface area contributed by atoms with Crippen LogP contribution in [-0.2, 0) is 0 Å². The number of aryl methyl sites for hydroxylation is 1. The van der Waals surface area contributed by atoms with Crippen LogP contribution in [0.25, 0.3) is 0 Å². The van der Waals surface area contributed by atoms with Crippen molar-refractivity contribution in [2.24, 2.45) is 0 Å². The molecule has 0 saturated heterocycles. The molecule has 0 spiro atoms. The van der Waals surface area contributed by atoms with Gasteiger partial charge in [-0.25, -0.2) is 0 Å².